The van der Waals surface area contributed by atoms with Crippen LogP contribution < -0.4 is 16.4 Å². The normalized spacial score (nSPS) is 12.1. The third-order valence-corrected chi connectivity index (χ3v) is 2.98. The molecule has 7 heteroatoms. The predicted molar refractivity (Wildman–Crippen MR) is 78.4 cm³/mol. The van der Waals surface area contributed by atoms with Crippen LogP contribution in [0.25, 0.3) is 0 Å². The highest BCUT2D eigenvalue weighted by molar-refractivity contribution is 6.29. The molecule has 0 spiro atoms. The van der Waals surface area contributed by atoms with Crippen molar-refractivity contribution < 1.29 is 9.59 Å². The number of pyridine rings is 1. The first-order valence-corrected chi connectivity index (χ1v) is 6.65. The third kappa shape index (κ3) is 4.79. The minimum Gasteiger partial charge on any atom is -0.346 e. The van der Waals surface area contributed by atoms with E-state index < -0.39 is 6.04 Å². The number of carbonyl (C=O) groups excluding carboxylic acids is 2. The standard InChI is InChI=1S/C13H19ClN4O2/c1-7(2)12(15)13(20)16-6-11(19)18-9-4-5-10(14)17-8(9)3/h4-5,7,12H,6,15H2,1-3H3,(H,16,20)(H,18,19)/t12-/m0/s1. The van der Waals surface area contributed by atoms with E-state index in [0.29, 0.717) is 16.5 Å². The van der Waals surface area contributed by atoms with Gasteiger partial charge in [0.15, 0.2) is 0 Å². The third-order valence-electron chi connectivity index (χ3n) is 2.77. The Labute approximate surface area is 123 Å². The second-order valence-electron chi connectivity index (χ2n) is 4.80. The summed E-state index contributed by atoms with van der Waals surface area (Å²) in [5.74, 6) is -0.677. The zero-order valence-electron chi connectivity index (χ0n) is 11.7. The van der Waals surface area contributed by atoms with Gasteiger partial charge in [-0.25, -0.2) is 4.98 Å². The molecule has 4 N–H and O–H groups in total. The van der Waals surface area contributed by atoms with Gasteiger partial charge in [-0.3, -0.25) is 9.59 Å². The molecule has 1 aromatic rings. The molecule has 0 aliphatic heterocycles. The molecular formula is C13H19ClN4O2. The first-order chi connectivity index (χ1) is 9.31. The maximum absolute atomic E-state index is 11.7. The molecule has 0 fully saturated rings. The van der Waals surface area contributed by atoms with E-state index in [2.05, 4.69) is 15.6 Å². The minimum absolute atomic E-state index is 0.0146. The molecule has 0 bridgehead atoms. The van der Waals surface area contributed by atoms with E-state index in [4.69, 9.17) is 17.3 Å². The van der Waals surface area contributed by atoms with E-state index in [1.807, 2.05) is 13.8 Å². The molecule has 110 valence electrons. The van der Waals surface area contributed by atoms with Crippen molar-refractivity contribution >= 4 is 29.1 Å². The lowest BCUT2D eigenvalue weighted by Crippen LogP contribution is -2.46. The van der Waals surface area contributed by atoms with Gasteiger partial charge in [0.05, 0.1) is 24.0 Å². The van der Waals surface area contributed by atoms with Crippen LogP contribution >= 0.6 is 11.6 Å². The van der Waals surface area contributed by atoms with Crippen molar-refractivity contribution in [3.8, 4) is 0 Å². The summed E-state index contributed by atoms with van der Waals surface area (Å²) in [5.41, 5.74) is 6.84. The highest BCUT2D eigenvalue weighted by atomic mass is 35.5. The molecule has 20 heavy (non-hydrogen) atoms. The van der Waals surface area contributed by atoms with Crippen LogP contribution in [-0.4, -0.2) is 29.4 Å². The number of nitrogens with zero attached hydrogens (tertiary/aromatic N) is 1. The fraction of sp³-hybridized carbons (Fsp3) is 0.462. The molecule has 6 nitrogen and oxygen atoms in total. The summed E-state index contributed by atoms with van der Waals surface area (Å²) in [6.07, 6.45) is 0. The van der Waals surface area contributed by atoms with Crippen molar-refractivity contribution in [2.45, 2.75) is 26.8 Å². The Morgan fingerprint density at radius 1 is 1.40 bits per heavy atom. The van der Waals surface area contributed by atoms with Crippen LogP contribution in [0.5, 0.6) is 0 Å². The Hall–Kier alpha value is -1.66. The number of hydrogen-bond donors (Lipinski definition) is 3. The van der Waals surface area contributed by atoms with E-state index in [1.165, 1.54) is 0 Å². The van der Waals surface area contributed by atoms with Crippen molar-refractivity contribution in [3.05, 3.63) is 23.0 Å². The van der Waals surface area contributed by atoms with Gasteiger partial charge in [0.25, 0.3) is 0 Å². The average molecular weight is 299 g/mol. The molecule has 0 unspecified atom stereocenters. The van der Waals surface area contributed by atoms with E-state index in [0.717, 1.165) is 0 Å². The fourth-order valence-electron chi connectivity index (χ4n) is 1.44. The molecule has 0 aromatic carbocycles. The SMILES string of the molecule is Cc1nc(Cl)ccc1NC(=O)CNC(=O)[C@@H](N)C(C)C. The van der Waals surface area contributed by atoms with Crippen LogP contribution in [0.15, 0.2) is 12.1 Å². The summed E-state index contributed by atoms with van der Waals surface area (Å²) in [5, 5.41) is 5.50. The van der Waals surface area contributed by atoms with Gasteiger partial charge in [0.2, 0.25) is 11.8 Å². The van der Waals surface area contributed by atoms with E-state index in [-0.39, 0.29) is 24.3 Å². The van der Waals surface area contributed by atoms with E-state index in [9.17, 15) is 9.59 Å². The molecular weight excluding hydrogens is 280 g/mol. The van der Waals surface area contributed by atoms with Crippen molar-refractivity contribution in [2.75, 3.05) is 11.9 Å². The molecule has 2 amide bonds. The highest BCUT2D eigenvalue weighted by Gasteiger charge is 2.17. The van der Waals surface area contributed by atoms with Gasteiger partial charge in [0, 0.05) is 0 Å². The molecule has 0 aliphatic rings. The van der Waals surface area contributed by atoms with E-state index in [1.54, 1.807) is 19.1 Å². The van der Waals surface area contributed by atoms with Crippen LogP contribution in [0.3, 0.4) is 0 Å². The fourth-order valence-corrected chi connectivity index (χ4v) is 1.63. The summed E-state index contributed by atoms with van der Waals surface area (Å²) in [6, 6.07) is 2.61. The first kappa shape index (κ1) is 16.4. The van der Waals surface area contributed by atoms with Crippen LogP contribution in [-0.2, 0) is 9.59 Å². The largest absolute Gasteiger partial charge is 0.346 e. The van der Waals surface area contributed by atoms with Crippen LogP contribution in [0.1, 0.15) is 19.5 Å². The lowest BCUT2D eigenvalue weighted by atomic mass is 10.1. The number of nitrogens with one attached hydrogen (secondary N) is 2. The van der Waals surface area contributed by atoms with E-state index >= 15 is 0 Å². The number of aryl methyl sites for hydroxylation is 1. The summed E-state index contributed by atoms with van der Waals surface area (Å²) in [7, 11) is 0. The van der Waals surface area contributed by atoms with Crippen molar-refractivity contribution in [3.63, 3.8) is 0 Å². The Morgan fingerprint density at radius 2 is 2.05 bits per heavy atom. The molecule has 1 heterocycles. The van der Waals surface area contributed by atoms with Gasteiger partial charge in [-0.05, 0) is 25.0 Å². The number of carbonyl (C=O) groups is 2. The van der Waals surface area contributed by atoms with Crippen molar-refractivity contribution in [2.24, 2.45) is 11.7 Å². The lowest BCUT2D eigenvalue weighted by molar-refractivity contribution is -0.125. The van der Waals surface area contributed by atoms with Gasteiger partial charge in [-0.1, -0.05) is 25.4 Å². The van der Waals surface area contributed by atoms with Gasteiger partial charge in [0.1, 0.15) is 5.15 Å². The van der Waals surface area contributed by atoms with Crippen LogP contribution in [0.2, 0.25) is 5.15 Å². The smallest absolute Gasteiger partial charge is 0.243 e. The molecule has 1 aromatic heterocycles. The Morgan fingerprint density at radius 3 is 2.60 bits per heavy atom. The zero-order chi connectivity index (χ0) is 15.3. The summed E-state index contributed by atoms with van der Waals surface area (Å²) < 4.78 is 0. The van der Waals surface area contributed by atoms with Gasteiger partial charge < -0.3 is 16.4 Å². The molecule has 1 rings (SSSR count). The number of amides is 2. The Balaban J connectivity index is 2.50. The second kappa shape index (κ2) is 7.21. The molecule has 0 radical (unpaired) electrons. The number of anilines is 1. The number of aromatic nitrogens is 1. The molecule has 0 saturated carbocycles. The Bertz CT molecular complexity index is 505. The number of rotatable bonds is 5. The topological polar surface area (TPSA) is 97.1 Å². The first-order valence-electron chi connectivity index (χ1n) is 6.27. The minimum atomic E-state index is -0.623. The molecule has 0 saturated heterocycles. The summed E-state index contributed by atoms with van der Waals surface area (Å²) in [4.78, 5) is 27.3. The highest BCUT2D eigenvalue weighted by Crippen LogP contribution is 2.15. The van der Waals surface area contributed by atoms with Gasteiger partial charge >= 0.3 is 0 Å². The number of halogens is 1. The summed E-state index contributed by atoms with van der Waals surface area (Å²) in [6.45, 7) is 5.27. The zero-order valence-corrected chi connectivity index (χ0v) is 12.5. The number of hydrogen-bond acceptors (Lipinski definition) is 4. The van der Waals surface area contributed by atoms with Crippen molar-refractivity contribution in [1.29, 1.82) is 0 Å². The van der Waals surface area contributed by atoms with Crippen molar-refractivity contribution in [1.82, 2.24) is 10.3 Å². The average Bonchev–Trinajstić information content (AvgIpc) is 2.38. The van der Waals surface area contributed by atoms with Crippen LogP contribution in [0.4, 0.5) is 5.69 Å². The van der Waals surface area contributed by atoms with Crippen LogP contribution in [0, 0.1) is 12.8 Å². The Kier molecular flexibility index (Phi) is 5.91. The quantitative estimate of drug-likeness (QED) is 0.709. The van der Waals surface area contributed by atoms with Gasteiger partial charge in [-0.15, -0.1) is 0 Å². The second-order valence-corrected chi connectivity index (χ2v) is 5.19. The monoisotopic (exact) mass is 298 g/mol. The molecule has 0 aliphatic carbocycles. The maximum Gasteiger partial charge on any atom is 0.243 e. The lowest BCUT2D eigenvalue weighted by Gasteiger charge is -2.15. The predicted octanol–water partition coefficient (Wildman–Crippen LogP) is 1.08. The van der Waals surface area contributed by atoms with Gasteiger partial charge in [-0.2, -0.15) is 0 Å². The summed E-state index contributed by atoms with van der Waals surface area (Å²) >= 11 is 5.73. The number of nitrogens with two attached hydrogens (primary N) is 1. The maximum atomic E-state index is 11.7. The molecule has 1 atom stereocenters.